The van der Waals surface area contributed by atoms with Crippen LogP contribution in [0.1, 0.15) is 21.5 Å². The van der Waals surface area contributed by atoms with Crippen molar-refractivity contribution in [2.75, 3.05) is 5.32 Å². The average molecular weight is 420 g/mol. The summed E-state index contributed by atoms with van der Waals surface area (Å²) in [5.74, 6) is -3.32. The van der Waals surface area contributed by atoms with Gasteiger partial charge in [-0.25, -0.2) is 8.78 Å². The molecule has 1 aliphatic rings. The Balaban J connectivity index is 1.95. The number of hydrogen-bond acceptors (Lipinski definition) is 4. The van der Waals surface area contributed by atoms with Crippen LogP contribution in [0.25, 0.3) is 11.1 Å². The lowest BCUT2D eigenvalue weighted by atomic mass is 9.82. The minimum absolute atomic E-state index is 0.0545. The number of halogens is 3. The van der Waals surface area contributed by atoms with Gasteiger partial charge in [0, 0.05) is 22.8 Å². The zero-order chi connectivity index (χ0) is 20.2. The van der Waals surface area contributed by atoms with E-state index in [0.29, 0.717) is 5.56 Å². The molecule has 0 fully saturated rings. The second-order valence-corrected chi connectivity index (χ2v) is 8.05. The highest BCUT2D eigenvalue weighted by molar-refractivity contribution is 7.21. The summed E-state index contributed by atoms with van der Waals surface area (Å²) in [5.41, 5.74) is -2.40. The number of phenols is 1. The standard InChI is InChI=1S/C20H12ClF2NO3S/c1-9-3-2-4-10(7-9)20(23)16(26)15-14(12-6-5-11(22)8-13(12)25)17(21)28-18(15)24-19(20)27/h2-8,25H,1H3,(H,24,27). The molecule has 28 heavy (non-hydrogen) atoms. The Morgan fingerprint density at radius 1 is 1.14 bits per heavy atom. The van der Waals surface area contributed by atoms with E-state index in [9.17, 15) is 19.1 Å². The Kier molecular flexibility index (Phi) is 4.24. The van der Waals surface area contributed by atoms with Crippen LogP contribution in [0.5, 0.6) is 5.75 Å². The van der Waals surface area contributed by atoms with Crippen molar-refractivity contribution in [1.82, 2.24) is 0 Å². The normalized spacial score (nSPS) is 18.7. The number of nitrogens with one attached hydrogen (secondary N) is 1. The van der Waals surface area contributed by atoms with Crippen molar-refractivity contribution in [1.29, 1.82) is 0 Å². The summed E-state index contributed by atoms with van der Waals surface area (Å²) in [6.45, 7) is 1.72. The molecule has 0 aliphatic carbocycles. The highest BCUT2D eigenvalue weighted by atomic mass is 35.5. The molecule has 0 bridgehead atoms. The van der Waals surface area contributed by atoms with Gasteiger partial charge in [-0.2, -0.15) is 0 Å². The summed E-state index contributed by atoms with van der Waals surface area (Å²) in [6.07, 6.45) is 0. The van der Waals surface area contributed by atoms with E-state index in [0.717, 1.165) is 23.5 Å². The van der Waals surface area contributed by atoms with Gasteiger partial charge < -0.3 is 10.4 Å². The van der Waals surface area contributed by atoms with E-state index < -0.39 is 28.9 Å². The molecule has 0 saturated carbocycles. The molecule has 142 valence electrons. The Morgan fingerprint density at radius 2 is 1.89 bits per heavy atom. The van der Waals surface area contributed by atoms with Crippen molar-refractivity contribution < 1.29 is 23.5 Å². The lowest BCUT2D eigenvalue weighted by molar-refractivity contribution is -0.125. The largest absolute Gasteiger partial charge is 0.507 e. The van der Waals surface area contributed by atoms with Crippen molar-refractivity contribution in [2.45, 2.75) is 12.6 Å². The molecule has 1 aliphatic heterocycles. The summed E-state index contributed by atoms with van der Waals surface area (Å²) >= 11 is 7.12. The summed E-state index contributed by atoms with van der Waals surface area (Å²) in [5, 5.41) is 12.6. The first-order valence-corrected chi connectivity index (χ1v) is 9.36. The average Bonchev–Trinajstić information content (AvgIpc) is 2.95. The smallest absolute Gasteiger partial charge is 0.276 e. The molecule has 2 aromatic carbocycles. The van der Waals surface area contributed by atoms with Crippen LogP contribution in [-0.2, 0) is 10.5 Å². The second-order valence-electron chi connectivity index (χ2n) is 6.43. The van der Waals surface area contributed by atoms with Crippen molar-refractivity contribution in [2.24, 2.45) is 0 Å². The number of rotatable bonds is 2. The fourth-order valence-corrected chi connectivity index (χ4v) is 4.61. The highest BCUT2D eigenvalue weighted by Crippen LogP contribution is 2.51. The molecule has 1 aromatic heterocycles. The van der Waals surface area contributed by atoms with Crippen LogP contribution >= 0.6 is 22.9 Å². The third-order valence-corrected chi connectivity index (χ3v) is 5.90. The molecule has 1 atom stereocenters. The minimum Gasteiger partial charge on any atom is -0.507 e. The van der Waals surface area contributed by atoms with E-state index in [4.69, 9.17) is 11.6 Å². The fraction of sp³-hybridized carbons (Fsp3) is 0.100. The molecular weight excluding hydrogens is 408 g/mol. The van der Waals surface area contributed by atoms with Gasteiger partial charge in [-0.15, -0.1) is 11.3 Å². The molecule has 0 spiro atoms. The van der Waals surface area contributed by atoms with E-state index in [2.05, 4.69) is 5.32 Å². The minimum atomic E-state index is -2.95. The van der Waals surface area contributed by atoms with Crippen LogP contribution in [0.4, 0.5) is 13.8 Å². The van der Waals surface area contributed by atoms with Gasteiger partial charge in [-0.1, -0.05) is 41.4 Å². The summed E-state index contributed by atoms with van der Waals surface area (Å²) in [7, 11) is 0. The van der Waals surface area contributed by atoms with Crippen LogP contribution in [0.3, 0.4) is 0 Å². The van der Waals surface area contributed by atoms with Crippen LogP contribution < -0.4 is 5.32 Å². The number of thiophene rings is 1. The van der Waals surface area contributed by atoms with Gasteiger partial charge in [0.15, 0.2) is 0 Å². The Morgan fingerprint density at radius 3 is 2.57 bits per heavy atom. The van der Waals surface area contributed by atoms with Gasteiger partial charge in [-0.3, -0.25) is 9.59 Å². The van der Waals surface area contributed by atoms with Gasteiger partial charge in [-0.05, 0) is 19.1 Å². The molecule has 8 heteroatoms. The summed E-state index contributed by atoms with van der Waals surface area (Å²) in [6, 6.07) is 9.25. The molecule has 2 N–H and O–H groups in total. The van der Waals surface area contributed by atoms with Crippen molar-refractivity contribution in [3.8, 4) is 16.9 Å². The number of phenolic OH excluding ortho intramolecular Hbond substituents is 1. The number of aryl methyl sites for hydroxylation is 1. The lowest BCUT2D eigenvalue weighted by Crippen LogP contribution is -2.47. The zero-order valence-corrected chi connectivity index (χ0v) is 15.9. The highest BCUT2D eigenvalue weighted by Gasteiger charge is 2.54. The van der Waals surface area contributed by atoms with Crippen LogP contribution in [0.2, 0.25) is 4.34 Å². The van der Waals surface area contributed by atoms with Crippen molar-refractivity contribution >= 4 is 39.6 Å². The quantitative estimate of drug-likeness (QED) is 0.559. The maximum absolute atomic E-state index is 15.9. The number of carbonyl (C=O) groups excluding carboxylic acids is 2. The number of Topliss-reactive ketones (excluding diaryl/α,β-unsaturated/α-hetero) is 1. The Hall–Kier alpha value is -2.77. The first kappa shape index (κ1) is 18.6. The first-order chi connectivity index (χ1) is 13.2. The van der Waals surface area contributed by atoms with Crippen molar-refractivity contribution in [3.05, 3.63) is 69.3 Å². The number of carbonyl (C=O) groups is 2. The Labute approximate surface area is 167 Å². The number of benzene rings is 2. The number of anilines is 1. The molecule has 1 unspecified atom stereocenters. The predicted molar refractivity (Wildman–Crippen MR) is 103 cm³/mol. The van der Waals surface area contributed by atoms with Gasteiger partial charge >= 0.3 is 0 Å². The topological polar surface area (TPSA) is 66.4 Å². The number of aromatic hydroxyl groups is 1. The second kappa shape index (κ2) is 6.39. The van der Waals surface area contributed by atoms with E-state index in [-0.39, 0.29) is 31.6 Å². The molecule has 0 saturated heterocycles. The monoisotopic (exact) mass is 419 g/mol. The van der Waals surface area contributed by atoms with Crippen LogP contribution in [0.15, 0.2) is 42.5 Å². The Bertz CT molecular complexity index is 1160. The molecule has 2 heterocycles. The molecule has 4 rings (SSSR count). The number of alkyl halides is 1. The van der Waals surface area contributed by atoms with E-state index in [1.165, 1.54) is 18.2 Å². The van der Waals surface area contributed by atoms with Gasteiger partial charge in [0.05, 0.1) is 5.56 Å². The molecule has 4 nitrogen and oxygen atoms in total. The molecular formula is C20H12ClF2NO3S. The summed E-state index contributed by atoms with van der Waals surface area (Å²) < 4.78 is 29.3. The third kappa shape index (κ3) is 2.62. The lowest BCUT2D eigenvalue weighted by Gasteiger charge is -2.28. The number of hydrogen-bond donors (Lipinski definition) is 2. The van der Waals surface area contributed by atoms with E-state index in [1.54, 1.807) is 19.1 Å². The summed E-state index contributed by atoms with van der Waals surface area (Å²) in [4.78, 5) is 25.7. The maximum Gasteiger partial charge on any atom is 0.276 e. The zero-order valence-electron chi connectivity index (χ0n) is 14.3. The van der Waals surface area contributed by atoms with Gasteiger partial charge in [0.1, 0.15) is 20.9 Å². The van der Waals surface area contributed by atoms with E-state index >= 15 is 4.39 Å². The third-order valence-electron chi connectivity index (χ3n) is 4.59. The van der Waals surface area contributed by atoms with Gasteiger partial charge in [0.2, 0.25) is 5.78 Å². The fourth-order valence-electron chi connectivity index (χ4n) is 3.25. The SMILES string of the molecule is Cc1cccc(C2(F)C(=O)Nc3sc(Cl)c(-c4ccc(F)cc4O)c3C2=O)c1. The predicted octanol–water partition coefficient (Wildman–Crippen LogP) is 5.22. The first-order valence-electron chi connectivity index (χ1n) is 8.17. The van der Waals surface area contributed by atoms with Gasteiger partial charge in [0.25, 0.3) is 11.6 Å². The number of fused-ring (bicyclic) bond motifs is 1. The maximum atomic E-state index is 15.9. The number of ketones is 1. The molecule has 1 amide bonds. The number of amides is 1. The van der Waals surface area contributed by atoms with E-state index in [1.807, 2.05) is 0 Å². The van der Waals surface area contributed by atoms with Crippen LogP contribution in [-0.4, -0.2) is 16.8 Å². The van der Waals surface area contributed by atoms with Crippen molar-refractivity contribution in [3.63, 3.8) is 0 Å². The molecule has 0 radical (unpaired) electrons. The van der Waals surface area contributed by atoms with Crippen LogP contribution in [0, 0.1) is 12.7 Å². The molecule has 3 aromatic rings.